The van der Waals surface area contributed by atoms with Crippen LogP contribution in [0.5, 0.6) is 0 Å². The molecule has 10 nitrogen and oxygen atoms in total. The third-order valence-electron chi connectivity index (χ3n) is 7.10. The maximum atomic E-state index is 13.3. The number of aromatic nitrogens is 2. The van der Waals surface area contributed by atoms with E-state index in [0.29, 0.717) is 12.8 Å². The molecule has 1 atom stereocenters. The van der Waals surface area contributed by atoms with Crippen molar-refractivity contribution in [3.63, 3.8) is 0 Å². The fraction of sp³-hybridized carbons (Fsp3) is 0.481. The molecule has 1 N–H and O–H groups in total. The van der Waals surface area contributed by atoms with E-state index >= 15 is 0 Å². The van der Waals surface area contributed by atoms with Crippen molar-refractivity contribution in [1.82, 2.24) is 19.6 Å². The van der Waals surface area contributed by atoms with Crippen LogP contribution in [0.4, 0.5) is 0 Å². The first kappa shape index (κ1) is 28.9. The third kappa shape index (κ3) is 7.31. The Hall–Kier alpha value is -3.09. The molecule has 1 unspecified atom stereocenters. The number of carbonyl (C=O) groups excluding carboxylic acids is 3. The van der Waals surface area contributed by atoms with Crippen LogP contribution in [0.1, 0.15) is 67.4 Å². The number of Topliss-reactive ketones (excluding diaryl/α,β-unsaturated/α-hetero) is 1. The van der Waals surface area contributed by atoms with Gasteiger partial charge in [0.1, 0.15) is 11.4 Å². The van der Waals surface area contributed by atoms with Gasteiger partial charge >= 0.3 is 0 Å². The maximum Gasteiger partial charge on any atom is 0.292 e. The summed E-state index contributed by atoms with van der Waals surface area (Å²) in [5, 5.41) is 4.95. The number of pyridine rings is 1. The van der Waals surface area contributed by atoms with E-state index in [9.17, 15) is 22.8 Å². The zero-order chi connectivity index (χ0) is 28.0. The maximum absolute atomic E-state index is 13.3. The van der Waals surface area contributed by atoms with Crippen LogP contribution in [0.15, 0.2) is 51.6 Å². The average molecular weight is 572 g/mol. The number of thiazole rings is 1. The molecule has 1 saturated carbocycles. The molecule has 2 aromatic rings. The van der Waals surface area contributed by atoms with E-state index in [4.69, 9.17) is 0 Å². The van der Waals surface area contributed by atoms with E-state index in [0.717, 1.165) is 41.4 Å². The summed E-state index contributed by atoms with van der Waals surface area (Å²) in [7, 11) is -3.92. The molecule has 1 saturated heterocycles. The molecule has 208 valence electrons. The summed E-state index contributed by atoms with van der Waals surface area (Å²) in [5.74, 6) is -2.22. The van der Waals surface area contributed by atoms with Crippen molar-refractivity contribution in [2.45, 2.75) is 63.8 Å². The number of nitrogens with one attached hydrogen (secondary N) is 1. The van der Waals surface area contributed by atoms with Gasteiger partial charge < -0.3 is 5.32 Å². The van der Waals surface area contributed by atoms with Gasteiger partial charge in [0.25, 0.3) is 21.8 Å². The lowest BCUT2D eigenvalue weighted by Gasteiger charge is -2.31. The first-order valence-electron chi connectivity index (χ1n) is 13.1. The largest absolute Gasteiger partial charge is 0.316 e. The fourth-order valence-electron chi connectivity index (χ4n) is 4.90. The summed E-state index contributed by atoms with van der Waals surface area (Å²) >= 11 is 1.34. The van der Waals surface area contributed by atoms with Crippen molar-refractivity contribution >= 4 is 45.2 Å². The van der Waals surface area contributed by atoms with Gasteiger partial charge in [-0.05, 0) is 56.2 Å². The van der Waals surface area contributed by atoms with Crippen LogP contribution in [-0.4, -0.2) is 59.6 Å². The van der Waals surface area contributed by atoms with Gasteiger partial charge in [0.2, 0.25) is 0 Å². The molecular weight excluding hydrogens is 538 g/mol. The van der Waals surface area contributed by atoms with E-state index in [1.165, 1.54) is 29.8 Å². The molecular formula is C27H33N5O5S2. The van der Waals surface area contributed by atoms with Crippen molar-refractivity contribution in [1.29, 1.82) is 0 Å². The molecule has 12 heteroatoms. The Morgan fingerprint density at radius 3 is 2.64 bits per heavy atom. The normalized spacial score (nSPS) is 21.0. The number of carbonyl (C=O) groups is 3. The van der Waals surface area contributed by atoms with Gasteiger partial charge in [-0.15, -0.1) is 11.3 Å². The zero-order valence-corrected chi connectivity index (χ0v) is 23.8. The summed E-state index contributed by atoms with van der Waals surface area (Å²) in [6, 6.07) is 4.59. The number of rotatable bonds is 7. The number of hydrogen-bond acceptors (Lipinski definition) is 8. The van der Waals surface area contributed by atoms with Gasteiger partial charge in [0.05, 0.1) is 17.5 Å². The van der Waals surface area contributed by atoms with Crippen LogP contribution < -0.4 is 5.32 Å². The molecule has 1 aliphatic heterocycles. The molecule has 2 aliphatic rings. The van der Waals surface area contributed by atoms with Crippen molar-refractivity contribution in [2.75, 3.05) is 13.1 Å². The Morgan fingerprint density at radius 2 is 1.97 bits per heavy atom. The van der Waals surface area contributed by atoms with Gasteiger partial charge in [-0.3, -0.25) is 14.4 Å². The van der Waals surface area contributed by atoms with E-state index in [1.54, 1.807) is 30.5 Å². The van der Waals surface area contributed by atoms with Crippen molar-refractivity contribution in [3.05, 3.63) is 52.3 Å². The van der Waals surface area contributed by atoms with Gasteiger partial charge in [-0.2, -0.15) is 4.31 Å². The second-order valence-electron chi connectivity index (χ2n) is 10.3. The highest BCUT2D eigenvalue weighted by Crippen LogP contribution is 2.37. The number of allylic oxidation sites excluding steroid dienone is 1. The molecule has 1 aliphatic carbocycles. The molecule has 4 rings (SSSR count). The molecule has 2 aromatic heterocycles. The van der Waals surface area contributed by atoms with Crippen molar-refractivity contribution in [2.24, 2.45) is 16.3 Å². The third-order valence-corrected chi connectivity index (χ3v) is 9.64. The lowest BCUT2D eigenvalue weighted by Crippen LogP contribution is -2.36. The zero-order valence-electron chi connectivity index (χ0n) is 22.1. The first-order chi connectivity index (χ1) is 18.6. The monoisotopic (exact) mass is 571 g/mol. The highest BCUT2D eigenvalue weighted by Gasteiger charge is 2.33. The highest BCUT2D eigenvalue weighted by molar-refractivity contribution is 7.89. The lowest BCUT2D eigenvalue weighted by molar-refractivity contribution is -0.120. The molecule has 0 radical (unpaired) electrons. The van der Waals surface area contributed by atoms with Crippen molar-refractivity contribution in [3.8, 4) is 0 Å². The number of aliphatic imine (C=N–C) groups is 1. The van der Waals surface area contributed by atoms with Crippen molar-refractivity contribution < 1.29 is 22.8 Å². The second-order valence-corrected chi connectivity index (χ2v) is 13.2. The Kier molecular flexibility index (Phi) is 9.19. The number of amides is 2. The van der Waals surface area contributed by atoms with E-state index < -0.39 is 27.8 Å². The van der Waals surface area contributed by atoms with Crippen LogP contribution in [0.3, 0.4) is 0 Å². The smallest absolute Gasteiger partial charge is 0.292 e. The van der Waals surface area contributed by atoms with Crippen LogP contribution in [0.2, 0.25) is 0 Å². The topological polar surface area (TPSA) is 139 Å². The molecule has 3 heterocycles. The standard InChI is InChI=1S/C27H33N5O5S2/c1-19-30-22(18-38-19)26(35)31-21(15-27(2)11-5-3-6-12-27)25(34)29-16-20-9-8-14-32(17-23(20)33)39(36,37)24-10-4-7-13-28-24/h4,7,10,13,15-16,18,20H,3,5-6,8-9,11-12,14,17H2,1-2H3,(H,31,35)/b21-15-,29-16?. The Bertz CT molecular complexity index is 1380. The molecule has 0 spiro atoms. The van der Waals surface area contributed by atoms with Gasteiger partial charge in [0.15, 0.2) is 10.8 Å². The summed E-state index contributed by atoms with van der Waals surface area (Å²) in [6.45, 7) is 3.69. The van der Waals surface area contributed by atoms with Crippen LogP contribution >= 0.6 is 11.3 Å². The lowest BCUT2D eigenvalue weighted by atomic mass is 9.75. The van der Waals surface area contributed by atoms with Gasteiger partial charge in [-0.25, -0.2) is 23.4 Å². The average Bonchev–Trinajstić information content (AvgIpc) is 3.26. The number of nitrogens with zero attached hydrogens (tertiary/aromatic N) is 4. The first-order valence-corrected chi connectivity index (χ1v) is 15.4. The van der Waals surface area contributed by atoms with Gasteiger partial charge in [-0.1, -0.05) is 32.3 Å². The minimum Gasteiger partial charge on any atom is -0.316 e. The van der Waals surface area contributed by atoms with Crippen LogP contribution in [-0.2, 0) is 19.6 Å². The molecule has 39 heavy (non-hydrogen) atoms. The van der Waals surface area contributed by atoms with Gasteiger partial charge in [0, 0.05) is 24.3 Å². The summed E-state index contributed by atoms with van der Waals surface area (Å²) in [4.78, 5) is 51.3. The molecule has 2 amide bonds. The number of hydrogen-bond donors (Lipinski definition) is 1. The number of sulfonamides is 1. The SMILES string of the molecule is Cc1nc(C(=O)N/C(=C\C2(C)CCCCC2)C(=O)N=CC2CCCN(S(=O)(=O)c3ccccn3)CC2=O)cs1. The minimum atomic E-state index is -3.92. The summed E-state index contributed by atoms with van der Waals surface area (Å²) in [6.07, 6.45) is 10.2. The molecule has 0 bridgehead atoms. The van der Waals surface area contributed by atoms with Crippen LogP contribution in [0.25, 0.3) is 0 Å². The Morgan fingerprint density at radius 1 is 1.21 bits per heavy atom. The number of aryl methyl sites for hydroxylation is 1. The minimum absolute atomic E-state index is 0.0618. The van der Waals surface area contributed by atoms with E-state index in [1.807, 2.05) is 0 Å². The van der Waals surface area contributed by atoms with E-state index in [-0.39, 0.29) is 40.7 Å². The Balaban J connectivity index is 1.50. The molecule has 0 aromatic carbocycles. The van der Waals surface area contributed by atoms with Crippen LogP contribution in [0, 0.1) is 18.3 Å². The van der Waals surface area contributed by atoms with E-state index in [2.05, 4.69) is 27.2 Å². The quantitative estimate of drug-likeness (QED) is 0.395. The predicted octanol–water partition coefficient (Wildman–Crippen LogP) is 3.70. The predicted molar refractivity (Wildman–Crippen MR) is 148 cm³/mol. The summed E-state index contributed by atoms with van der Waals surface area (Å²) < 4.78 is 27.0. The number of ketones is 1. The Labute approximate surface area is 232 Å². The highest BCUT2D eigenvalue weighted by atomic mass is 32.2. The molecule has 2 fully saturated rings. The second kappa shape index (κ2) is 12.4. The fourth-order valence-corrected chi connectivity index (χ4v) is 6.87. The summed E-state index contributed by atoms with van der Waals surface area (Å²) in [5.41, 5.74) is 0.0246.